The van der Waals surface area contributed by atoms with Crippen molar-refractivity contribution in [3.05, 3.63) is 18.5 Å². The minimum atomic E-state index is -0.413. The summed E-state index contributed by atoms with van der Waals surface area (Å²) < 4.78 is 7.24. The molecule has 1 fully saturated rings. The van der Waals surface area contributed by atoms with Crippen LogP contribution in [0.1, 0.15) is 19.3 Å². The maximum absolute atomic E-state index is 9.82. The first kappa shape index (κ1) is 12.5. The highest BCUT2D eigenvalue weighted by Gasteiger charge is 2.36. The average molecular weight is 239 g/mol. The van der Waals surface area contributed by atoms with Crippen LogP contribution in [0.15, 0.2) is 18.5 Å². The third-order valence-corrected chi connectivity index (χ3v) is 3.48. The van der Waals surface area contributed by atoms with Gasteiger partial charge in [-0.25, -0.2) is 0 Å². The van der Waals surface area contributed by atoms with Crippen LogP contribution in [0.5, 0.6) is 0 Å². The van der Waals surface area contributed by atoms with E-state index in [0.717, 1.165) is 19.4 Å². The fourth-order valence-electron chi connectivity index (χ4n) is 2.18. The Morgan fingerprint density at radius 1 is 1.59 bits per heavy atom. The lowest BCUT2D eigenvalue weighted by Crippen LogP contribution is -2.49. The fourth-order valence-corrected chi connectivity index (χ4v) is 2.18. The van der Waals surface area contributed by atoms with Gasteiger partial charge in [-0.3, -0.25) is 4.68 Å². The molecule has 2 rings (SSSR count). The zero-order valence-corrected chi connectivity index (χ0v) is 10.3. The minimum absolute atomic E-state index is 0.0193. The van der Waals surface area contributed by atoms with Crippen molar-refractivity contribution in [1.82, 2.24) is 15.1 Å². The van der Waals surface area contributed by atoms with Crippen LogP contribution in [0.25, 0.3) is 0 Å². The van der Waals surface area contributed by atoms with E-state index in [1.807, 2.05) is 12.3 Å². The maximum atomic E-state index is 9.82. The molecule has 0 aliphatic heterocycles. The summed E-state index contributed by atoms with van der Waals surface area (Å²) in [6, 6.07) is 1.86. The number of aromatic nitrogens is 2. The van der Waals surface area contributed by atoms with E-state index in [9.17, 15) is 5.11 Å². The van der Waals surface area contributed by atoms with Crippen molar-refractivity contribution < 1.29 is 9.84 Å². The Morgan fingerprint density at radius 2 is 2.41 bits per heavy atom. The average Bonchev–Trinajstić information content (AvgIpc) is 2.75. The molecular formula is C12H21N3O2. The molecule has 0 aromatic carbocycles. The molecule has 1 heterocycles. The van der Waals surface area contributed by atoms with E-state index in [2.05, 4.69) is 10.4 Å². The minimum Gasteiger partial charge on any atom is -0.390 e. The number of nitrogens with one attached hydrogen (secondary N) is 1. The number of ether oxygens (including phenoxy) is 1. The van der Waals surface area contributed by atoms with E-state index >= 15 is 0 Å². The number of rotatable bonds is 7. The Balaban J connectivity index is 1.64. The topological polar surface area (TPSA) is 59.3 Å². The van der Waals surface area contributed by atoms with E-state index in [-0.39, 0.29) is 5.60 Å². The molecule has 0 bridgehead atoms. The summed E-state index contributed by atoms with van der Waals surface area (Å²) >= 11 is 0. The Hall–Kier alpha value is -0.910. The fraction of sp³-hybridized carbons (Fsp3) is 0.750. The quantitative estimate of drug-likeness (QED) is 0.723. The standard InChI is InChI=1S/C12H21N3O2/c1-17-12(4-2-5-12)10-13-8-11(16)9-15-7-3-6-14-15/h3,6-7,11,13,16H,2,4-5,8-10H2,1H3. The van der Waals surface area contributed by atoms with Crippen molar-refractivity contribution in [3.63, 3.8) is 0 Å². The molecule has 0 spiro atoms. The summed E-state index contributed by atoms with van der Waals surface area (Å²) in [5.41, 5.74) is 0.0193. The molecule has 1 unspecified atom stereocenters. The van der Waals surface area contributed by atoms with Gasteiger partial charge in [-0.15, -0.1) is 0 Å². The Bertz CT molecular complexity index is 317. The van der Waals surface area contributed by atoms with Crippen LogP contribution in [-0.4, -0.2) is 46.8 Å². The van der Waals surface area contributed by atoms with Crippen molar-refractivity contribution >= 4 is 0 Å². The van der Waals surface area contributed by atoms with Gasteiger partial charge < -0.3 is 15.2 Å². The first-order valence-corrected chi connectivity index (χ1v) is 6.15. The van der Waals surface area contributed by atoms with Gasteiger partial charge in [0, 0.05) is 32.6 Å². The van der Waals surface area contributed by atoms with Crippen LogP contribution >= 0.6 is 0 Å². The molecule has 17 heavy (non-hydrogen) atoms. The number of hydrogen-bond donors (Lipinski definition) is 2. The highest BCUT2D eigenvalue weighted by Crippen LogP contribution is 2.34. The van der Waals surface area contributed by atoms with E-state index in [4.69, 9.17) is 4.74 Å². The van der Waals surface area contributed by atoms with Gasteiger partial charge in [-0.1, -0.05) is 0 Å². The maximum Gasteiger partial charge on any atom is 0.0860 e. The smallest absolute Gasteiger partial charge is 0.0860 e. The van der Waals surface area contributed by atoms with Gasteiger partial charge in [0.1, 0.15) is 0 Å². The molecule has 1 aromatic heterocycles. The van der Waals surface area contributed by atoms with Gasteiger partial charge in [0.25, 0.3) is 0 Å². The van der Waals surface area contributed by atoms with Crippen LogP contribution in [-0.2, 0) is 11.3 Å². The third kappa shape index (κ3) is 3.28. The molecular weight excluding hydrogens is 218 g/mol. The summed E-state index contributed by atoms with van der Waals surface area (Å²) in [6.45, 7) is 1.92. The van der Waals surface area contributed by atoms with Crippen LogP contribution in [0.2, 0.25) is 0 Å². The second-order valence-corrected chi connectivity index (χ2v) is 4.75. The number of nitrogens with zero attached hydrogens (tertiary/aromatic N) is 2. The molecule has 0 radical (unpaired) electrons. The number of aliphatic hydroxyl groups is 1. The Labute approximate surface area is 102 Å². The number of methoxy groups -OCH3 is 1. The van der Waals surface area contributed by atoms with E-state index in [1.165, 1.54) is 6.42 Å². The molecule has 0 amide bonds. The summed E-state index contributed by atoms with van der Waals surface area (Å²) in [6.07, 6.45) is 6.63. The van der Waals surface area contributed by atoms with Gasteiger partial charge in [0.2, 0.25) is 0 Å². The molecule has 1 aliphatic carbocycles. The summed E-state index contributed by atoms with van der Waals surface area (Å²) in [4.78, 5) is 0. The molecule has 5 heteroatoms. The normalized spacial score (nSPS) is 19.9. The molecule has 2 N–H and O–H groups in total. The lowest BCUT2D eigenvalue weighted by Gasteiger charge is -2.40. The molecule has 96 valence electrons. The Morgan fingerprint density at radius 3 is 2.94 bits per heavy atom. The summed E-state index contributed by atoms with van der Waals surface area (Å²) in [5, 5.41) is 17.2. The molecule has 5 nitrogen and oxygen atoms in total. The van der Waals surface area contributed by atoms with Crippen molar-refractivity contribution in [2.24, 2.45) is 0 Å². The lowest BCUT2D eigenvalue weighted by atomic mass is 9.80. The largest absolute Gasteiger partial charge is 0.390 e. The van der Waals surface area contributed by atoms with E-state index < -0.39 is 6.10 Å². The number of aliphatic hydroxyl groups excluding tert-OH is 1. The SMILES string of the molecule is COC1(CNCC(O)Cn2cccn2)CCC1. The zero-order chi connectivity index (χ0) is 12.1. The second kappa shape index (κ2) is 5.62. The van der Waals surface area contributed by atoms with Crippen molar-refractivity contribution in [3.8, 4) is 0 Å². The molecule has 1 atom stereocenters. The van der Waals surface area contributed by atoms with Crippen molar-refractivity contribution in [2.75, 3.05) is 20.2 Å². The van der Waals surface area contributed by atoms with Crippen LogP contribution in [0.4, 0.5) is 0 Å². The van der Waals surface area contributed by atoms with Crippen molar-refractivity contribution in [2.45, 2.75) is 37.5 Å². The highest BCUT2D eigenvalue weighted by molar-refractivity contribution is 4.91. The van der Waals surface area contributed by atoms with Gasteiger partial charge in [-0.2, -0.15) is 5.10 Å². The van der Waals surface area contributed by atoms with Crippen LogP contribution in [0, 0.1) is 0 Å². The monoisotopic (exact) mass is 239 g/mol. The van der Waals surface area contributed by atoms with E-state index in [0.29, 0.717) is 13.1 Å². The van der Waals surface area contributed by atoms with Gasteiger partial charge in [0.05, 0.1) is 18.2 Å². The van der Waals surface area contributed by atoms with Gasteiger partial charge >= 0.3 is 0 Å². The molecule has 1 aromatic rings. The molecule has 1 saturated carbocycles. The zero-order valence-electron chi connectivity index (χ0n) is 10.3. The molecule has 1 aliphatic rings. The molecule has 0 saturated heterocycles. The first-order valence-electron chi connectivity index (χ1n) is 6.15. The van der Waals surface area contributed by atoms with Crippen LogP contribution in [0.3, 0.4) is 0 Å². The second-order valence-electron chi connectivity index (χ2n) is 4.75. The number of hydrogen-bond acceptors (Lipinski definition) is 4. The van der Waals surface area contributed by atoms with E-state index in [1.54, 1.807) is 18.0 Å². The predicted molar refractivity (Wildman–Crippen MR) is 64.7 cm³/mol. The van der Waals surface area contributed by atoms with Gasteiger partial charge in [-0.05, 0) is 25.3 Å². The summed E-state index contributed by atoms with van der Waals surface area (Å²) in [5.74, 6) is 0. The third-order valence-electron chi connectivity index (χ3n) is 3.48. The first-order chi connectivity index (χ1) is 8.24. The summed E-state index contributed by atoms with van der Waals surface area (Å²) in [7, 11) is 1.76. The van der Waals surface area contributed by atoms with Crippen LogP contribution < -0.4 is 5.32 Å². The highest BCUT2D eigenvalue weighted by atomic mass is 16.5. The van der Waals surface area contributed by atoms with Crippen molar-refractivity contribution in [1.29, 1.82) is 0 Å². The lowest BCUT2D eigenvalue weighted by molar-refractivity contribution is -0.0704. The van der Waals surface area contributed by atoms with Gasteiger partial charge in [0.15, 0.2) is 0 Å². The Kier molecular flexibility index (Phi) is 4.15. The predicted octanol–water partition coefficient (Wildman–Crippen LogP) is 0.403.